The van der Waals surface area contributed by atoms with Gasteiger partial charge in [0, 0.05) is 13.1 Å². The molecule has 3 fully saturated rings. The summed E-state index contributed by atoms with van der Waals surface area (Å²) in [4.78, 5) is 26.9. The molecule has 0 aromatic heterocycles. The van der Waals surface area contributed by atoms with Gasteiger partial charge >= 0.3 is 0 Å². The van der Waals surface area contributed by atoms with Gasteiger partial charge in [0.15, 0.2) is 0 Å². The highest BCUT2D eigenvalue weighted by Gasteiger charge is 2.40. The number of likely N-dealkylation sites (tertiary alicyclic amines) is 1. The Hall–Kier alpha value is -1.10. The SMILES string of the molecule is O=C(NCC1CCCCC1)C1CCCN1C(=O)C1CCCC1O. The Bertz CT molecular complexity index is 434. The van der Waals surface area contributed by atoms with Gasteiger partial charge in [0.05, 0.1) is 12.0 Å². The number of hydrogen-bond acceptors (Lipinski definition) is 3. The molecule has 1 heterocycles. The standard InChI is InChI=1S/C18H30N2O3/c21-16-10-4-8-14(16)18(23)20-11-5-9-15(20)17(22)19-12-13-6-2-1-3-7-13/h13-16,21H,1-12H2,(H,19,22). The number of rotatable bonds is 4. The lowest BCUT2D eigenvalue weighted by atomic mass is 9.89. The molecule has 0 spiro atoms. The zero-order valence-corrected chi connectivity index (χ0v) is 14.0. The Kier molecular flexibility index (Phi) is 5.57. The maximum Gasteiger partial charge on any atom is 0.242 e. The minimum absolute atomic E-state index is 0.00825. The van der Waals surface area contributed by atoms with Crippen LogP contribution in [0.1, 0.15) is 64.2 Å². The number of carbonyl (C=O) groups excluding carboxylic acids is 2. The normalized spacial score (nSPS) is 32.2. The molecule has 1 aliphatic heterocycles. The minimum Gasteiger partial charge on any atom is -0.392 e. The summed E-state index contributed by atoms with van der Waals surface area (Å²) in [5.74, 6) is 0.316. The van der Waals surface area contributed by atoms with E-state index in [0.29, 0.717) is 18.9 Å². The van der Waals surface area contributed by atoms with Gasteiger partial charge in [-0.2, -0.15) is 0 Å². The molecule has 2 aliphatic carbocycles. The van der Waals surface area contributed by atoms with Crippen LogP contribution in [0.2, 0.25) is 0 Å². The number of hydrogen-bond donors (Lipinski definition) is 2. The van der Waals surface area contributed by atoms with Crippen LogP contribution in [0.15, 0.2) is 0 Å². The molecule has 5 heteroatoms. The monoisotopic (exact) mass is 322 g/mol. The second-order valence-corrected chi connectivity index (χ2v) is 7.54. The Labute approximate surface area is 138 Å². The number of aliphatic hydroxyl groups is 1. The van der Waals surface area contributed by atoms with Gasteiger partial charge in [-0.3, -0.25) is 9.59 Å². The average molecular weight is 322 g/mol. The fraction of sp³-hybridized carbons (Fsp3) is 0.889. The summed E-state index contributed by atoms with van der Waals surface area (Å²) in [7, 11) is 0. The molecule has 3 unspecified atom stereocenters. The van der Waals surface area contributed by atoms with Crippen LogP contribution < -0.4 is 5.32 Å². The highest BCUT2D eigenvalue weighted by Crippen LogP contribution is 2.30. The van der Waals surface area contributed by atoms with E-state index in [-0.39, 0.29) is 23.8 Å². The third-order valence-electron chi connectivity index (χ3n) is 5.92. The first-order valence-corrected chi connectivity index (χ1v) is 9.43. The van der Waals surface area contributed by atoms with Crippen molar-refractivity contribution in [3.63, 3.8) is 0 Å². The third kappa shape index (κ3) is 3.87. The summed E-state index contributed by atoms with van der Waals surface area (Å²) >= 11 is 0. The molecule has 3 rings (SSSR count). The van der Waals surface area contributed by atoms with Crippen LogP contribution in [-0.4, -0.2) is 47.1 Å². The zero-order valence-electron chi connectivity index (χ0n) is 14.0. The van der Waals surface area contributed by atoms with Gasteiger partial charge < -0.3 is 15.3 Å². The summed E-state index contributed by atoms with van der Waals surface area (Å²) in [5, 5.41) is 13.1. The van der Waals surface area contributed by atoms with Crippen LogP contribution in [-0.2, 0) is 9.59 Å². The molecule has 2 amide bonds. The van der Waals surface area contributed by atoms with Crippen molar-refractivity contribution in [3.8, 4) is 0 Å². The van der Waals surface area contributed by atoms with Crippen LogP contribution in [0.25, 0.3) is 0 Å². The molecule has 3 atom stereocenters. The molecule has 1 saturated heterocycles. The Balaban J connectivity index is 1.53. The lowest BCUT2D eigenvalue weighted by molar-refractivity contribution is -0.143. The van der Waals surface area contributed by atoms with Gasteiger partial charge in [-0.1, -0.05) is 19.3 Å². The Morgan fingerprint density at radius 1 is 0.957 bits per heavy atom. The van der Waals surface area contributed by atoms with E-state index in [9.17, 15) is 14.7 Å². The molecule has 0 bridgehead atoms. The summed E-state index contributed by atoms with van der Waals surface area (Å²) in [6, 6.07) is -0.320. The lowest BCUT2D eigenvalue weighted by Crippen LogP contribution is -2.49. The largest absolute Gasteiger partial charge is 0.392 e. The molecule has 0 aromatic rings. The minimum atomic E-state index is -0.519. The fourth-order valence-corrected chi connectivity index (χ4v) is 4.50. The predicted octanol–water partition coefficient (Wildman–Crippen LogP) is 1.83. The number of nitrogens with zero attached hydrogens (tertiary/aromatic N) is 1. The smallest absolute Gasteiger partial charge is 0.242 e. The van der Waals surface area contributed by atoms with Crippen molar-refractivity contribution in [2.24, 2.45) is 11.8 Å². The van der Waals surface area contributed by atoms with Crippen molar-refractivity contribution >= 4 is 11.8 Å². The summed E-state index contributed by atoms with van der Waals surface area (Å²) < 4.78 is 0. The molecule has 3 aliphatic rings. The fourth-order valence-electron chi connectivity index (χ4n) is 4.50. The average Bonchev–Trinajstić information content (AvgIpc) is 3.22. The second-order valence-electron chi connectivity index (χ2n) is 7.54. The van der Waals surface area contributed by atoms with E-state index in [0.717, 1.165) is 32.2 Å². The lowest BCUT2D eigenvalue weighted by Gasteiger charge is -2.29. The topological polar surface area (TPSA) is 69.6 Å². The zero-order chi connectivity index (χ0) is 16.2. The van der Waals surface area contributed by atoms with Crippen molar-refractivity contribution < 1.29 is 14.7 Å². The highest BCUT2D eigenvalue weighted by molar-refractivity contribution is 5.89. The quantitative estimate of drug-likeness (QED) is 0.830. The van der Waals surface area contributed by atoms with Crippen molar-refractivity contribution in [2.45, 2.75) is 76.4 Å². The molecular formula is C18H30N2O3. The second kappa shape index (κ2) is 7.65. The van der Waals surface area contributed by atoms with Crippen LogP contribution in [0.4, 0.5) is 0 Å². The molecule has 23 heavy (non-hydrogen) atoms. The Morgan fingerprint density at radius 2 is 1.74 bits per heavy atom. The van der Waals surface area contributed by atoms with E-state index < -0.39 is 6.10 Å². The maximum absolute atomic E-state index is 12.7. The van der Waals surface area contributed by atoms with E-state index in [1.54, 1.807) is 4.90 Å². The highest BCUT2D eigenvalue weighted by atomic mass is 16.3. The first kappa shape index (κ1) is 16.7. The predicted molar refractivity (Wildman–Crippen MR) is 87.7 cm³/mol. The van der Waals surface area contributed by atoms with E-state index in [2.05, 4.69) is 5.32 Å². The third-order valence-corrected chi connectivity index (χ3v) is 5.92. The molecular weight excluding hydrogens is 292 g/mol. The van der Waals surface area contributed by atoms with Gasteiger partial charge in [-0.05, 0) is 50.9 Å². The molecule has 2 saturated carbocycles. The molecule has 0 aromatic carbocycles. The van der Waals surface area contributed by atoms with Gasteiger partial charge in [-0.15, -0.1) is 0 Å². The van der Waals surface area contributed by atoms with E-state index in [4.69, 9.17) is 0 Å². The van der Waals surface area contributed by atoms with Crippen molar-refractivity contribution in [1.29, 1.82) is 0 Å². The van der Waals surface area contributed by atoms with Crippen LogP contribution in [0.3, 0.4) is 0 Å². The first-order valence-electron chi connectivity index (χ1n) is 9.43. The molecule has 5 nitrogen and oxygen atoms in total. The molecule has 0 radical (unpaired) electrons. The first-order chi connectivity index (χ1) is 11.2. The van der Waals surface area contributed by atoms with Crippen LogP contribution in [0.5, 0.6) is 0 Å². The van der Waals surface area contributed by atoms with E-state index in [1.807, 2.05) is 0 Å². The Morgan fingerprint density at radius 3 is 2.43 bits per heavy atom. The number of amides is 2. The van der Waals surface area contributed by atoms with Crippen molar-refractivity contribution in [1.82, 2.24) is 10.2 Å². The molecule has 130 valence electrons. The van der Waals surface area contributed by atoms with E-state index in [1.165, 1.54) is 32.1 Å². The summed E-state index contributed by atoms with van der Waals surface area (Å²) in [5.41, 5.74) is 0. The van der Waals surface area contributed by atoms with Gasteiger partial charge in [0.25, 0.3) is 0 Å². The maximum atomic E-state index is 12.7. The van der Waals surface area contributed by atoms with Crippen LogP contribution >= 0.6 is 0 Å². The van der Waals surface area contributed by atoms with Crippen molar-refractivity contribution in [3.05, 3.63) is 0 Å². The van der Waals surface area contributed by atoms with Crippen molar-refractivity contribution in [2.75, 3.05) is 13.1 Å². The van der Waals surface area contributed by atoms with Gasteiger partial charge in [0.2, 0.25) is 11.8 Å². The number of aliphatic hydroxyl groups excluding tert-OH is 1. The van der Waals surface area contributed by atoms with E-state index >= 15 is 0 Å². The van der Waals surface area contributed by atoms with Crippen LogP contribution in [0, 0.1) is 11.8 Å². The number of nitrogens with one attached hydrogen (secondary N) is 1. The molecule has 2 N–H and O–H groups in total. The van der Waals surface area contributed by atoms with Gasteiger partial charge in [-0.25, -0.2) is 0 Å². The van der Waals surface area contributed by atoms with Gasteiger partial charge in [0.1, 0.15) is 6.04 Å². The summed E-state index contributed by atoms with van der Waals surface area (Å²) in [6.07, 6.45) is 9.78. The number of carbonyl (C=O) groups is 2. The summed E-state index contributed by atoms with van der Waals surface area (Å²) in [6.45, 7) is 1.41.